The SMILES string of the molecule is CC(=O)c1nn(CC(=O)N2[C@H](C(=O)Nc3cccc(Br)n3)C[C@@]3(C)C[C@@H]23)c2ccc(-c3cnc(N)nc3)cc12. The van der Waals surface area contributed by atoms with Gasteiger partial charge in [0.25, 0.3) is 0 Å². The number of carbonyl (C=O) groups excluding carboxylic acids is 3. The lowest BCUT2D eigenvalue weighted by atomic mass is 10.0. The Morgan fingerprint density at radius 1 is 1.13 bits per heavy atom. The highest BCUT2D eigenvalue weighted by Gasteiger charge is 2.64. The zero-order valence-corrected chi connectivity index (χ0v) is 22.8. The minimum Gasteiger partial charge on any atom is -0.368 e. The number of amides is 2. The number of likely N-dealkylation sites (tertiary alicyclic amines) is 1. The number of benzene rings is 1. The predicted octanol–water partition coefficient (Wildman–Crippen LogP) is 3.45. The maximum Gasteiger partial charge on any atom is 0.248 e. The molecule has 1 aliphatic heterocycles. The van der Waals surface area contributed by atoms with Gasteiger partial charge in [0.15, 0.2) is 5.78 Å². The summed E-state index contributed by atoms with van der Waals surface area (Å²) in [5.74, 6) is -0.124. The van der Waals surface area contributed by atoms with Gasteiger partial charge in [0.2, 0.25) is 17.8 Å². The van der Waals surface area contributed by atoms with Crippen LogP contribution in [-0.2, 0) is 16.1 Å². The van der Waals surface area contributed by atoms with Gasteiger partial charge >= 0.3 is 0 Å². The maximum absolute atomic E-state index is 13.7. The van der Waals surface area contributed by atoms with E-state index in [9.17, 15) is 14.4 Å². The molecule has 198 valence electrons. The van der Waals surface area contributed by atoms with Gasteiger partial charge in [-0.2, -0.15) is 5.10 Å². The van der Waals surface area contributed by atoms with Crippen LogP contribution in [0.4, 0.5) is 11.8 Å². The number of nitrogens with one attached hydrogen (secondary N) is 1. The standard InChI is InChI=1S/C27H25BrN8O3/c1-14(37)24-17-8-15(16-11-30-26(29)31-12-16)6-7-18(17)35(34-24)13-23(38)36-19(9-27(2)10-20(27)36)25(39)33-22-5-3-4-21(28)32-22/h3-8,11-12,19-20H,9-10,13H2,1-2H3,(H2,29,30,31)(H,32,33,39)/t19-,20+,27-/m0/s1. The van der Waals surface area contributed by atoms with Crippen LogP contribution < -0.4 is 11.1 Å². The van der Waals surface area contributed by atoms with Crippen LogP contribution in [0.2, 0.25) is 0 Å². The predicted molar refractivity (Wildman–Crippen MR) is 148 cm³/mol. The topological polar surface area (TPSA) is 149 Å². The monoisotopic (exact) mass is 588 g/mol. The van der Waals surface area contributed by atoms with Gasteiger partial charge in [-0.1, -0.05) is 19.1 Å². The Balaban J connectivity index is 1.29. The van der Waals surface area contributed by atoms with Crippen molar-refractivity contribution < 1.29 is 14.4 Å². The number of carbonyl (C=O) groups is 3. The Labute approximate surface area is 231 Å². The summed E-state index contributed by atoms with van der Waals surface area (Å²) in [5, 5.41) is 7.97. The lowest BCUT2D eigenvalue weighted by Gasteiger charge is -2.26. The molecule has 0 spiro atoms. The van der Waals surface area contributed by atoms with E-state index in [0.29, 0.717) is 27.7 Å². The van der Waals surface area contributed by atoms with Crippen molar-refractivity contribution in [2.45, 2.75) is 45.3 Å². The zero-order chi connectivity index (χ0) is 27.5. The molecule has 1 saturated carbocycles. The first-order valence-corrected chi connectivity index (χ1v) is 13.3. The number of aromatic nitrogens is 5. The van der Waals surface area contributed by atoms with E-state index in [0.717, 1.165) is 17.5 Å². The fraction of sp³-hybridized carbons (Fsp3) is 0.296. The van der Waals surface area contributed by atoms with E-state index < -0.39 is 6.04 Å². The smallest absolute Gasteiger partial charge is 0.248 e. The summed E-state index contributed by atoms with van der Waals surface area (Å²) in [6.07, 6.45) is 4.65. The molecule has 4 aromatic rings. The minimum atomic E-state index is -0.617. The first kappa shape index (κ1) is 25.1. The van der Waals surface area contributed by atoms with E-state index in [-0.39, 0.29) is 47.2 Å². The molecule has 4 heterocycles. The van der Waals surface area contributed by atoms with Crippen molar-refractivity contribution in [2.24, 2.45) is 5.41 Å². The van der Waals surface area contributed by atoms with Crippen molar-refractivity contribution in [1.29, 1.82) is 0 Å². The molecule has 2 amide bonds. The molecule has 6 rings (SSSR count). The van der Waals surface area contributed by atoms with Crippen LogP contribution in [0, 0.1) is 5.41 Å². The van der Waals surface area contributed by atoms with Gasteiger partial charge in [-0.05, 0) is 64.0 Å². The molecule has 39 heavy (non-hydrogen) atoms. The van der Waals surface area contributed by atoms with E-state index in [1.807, 2.05) is 18.2 Å². The highest BCUT2D eigenvalue weighted by atomic mass is 79.9. The molecule has 1 aliphatic carbocycles. The zero-order valence-electron chi connectivity index (χ0n) is 21.3. The van der Waals surface area contributed by atoms with Crippen molar-refractivity contribution in [1.82, 2.24) is 29.6 Å². The molecule has 3 N–H and O–H groups in total. The van der Waals surface area contributed by atoms with E-state index in [4.69, 9.17) is 5.73 Å². The molecule has 12 heteroatoms. The van der Waals surface area contributed by atoms with Gasteiger partial charge in [-0.25, -0.2) is 15.0 Å². The van der Waals surface area contributed by atoms with Crippen LogP contribution in [-0.4, -0.2) is 59.3 Å². The van der Waals surface area contributed by atoms with Crippen molar-refractivity contribution in [3.8, 4) is 11.1 Å². The third-order valence-corrected chi connectivity index (χ3v) is 8.01. The number of nitrogens with zero attached hydrogens (tertiary/aromatic N) is 6. The largest absolute Gasteiger partial charge is 0.368 e. The summed E-state index contributed by atoms with van der Waals surface area (Å²) in [6.45, 7) is 3.45. The second-order valence-electron chi connectivity index (χ2n) is 10.4. The van der Waals surface area contributed by atoms with Gasteiger partial charge in [-0.3, -0.25) is 19.1 Å². The number of ketones is 1. The van der Waals surface area contributed by atoms with E-state index in [1.54, 1.807) is 40.2 Å². The molecule has 2 aliphatic rings. The van der Waals surface area contributed by atoms with Crippen molar-refractivity contribution >= 4 is 56.2 Å². The number of anilines is 2. The molecule has 2 fully saturated rings. The van der Waals surface area contributed by atoms with Crippen LogP contribution in [0.15, 0.2) is 53.4 Å². The third kappa shape index (κ3) is 4.54. The molecule has 0 bridgehead atoms. The number of pyridine rings is 1. The fourth-order valence-corrected chi connectivity index (χ4v) is 5.83. The summed E-state index contributed by atoms with van der Waals surface area (Å²) in [7, 11) is 0. The van der Waals surface area contributed by atoms with Gasteiger partial charge < -0.3 is 16.0 Å². The molecule has 1 aromatic carbocycles. The second-order valence-corrected chi connectivity index (χ2v) is 11.2. The Bertz CT molecular complexity index is 1650. The Morgan fingerprint density at radius 3 is 2.62 bits per heavy atom. The fourth-order valence-electron chi connectivity index (χ4n) is 5.48. The lowest BCUT2D eigenvalue weighted by molar-refractivity contribution is -0.138. The van der Waals surface area contributed by atoms with Crippen molar-refractivity contribution in [2.75, 3.05) is 11.1 Å². The van der Waals surface area contributed by atoms with Crippen molar-refractivity contribution in [3.63, 3.8) is 0 Å². The molecular formula is C27H25BrN8O3. The average molecular weight is 589 g/mol. The number of fused-ring (bicyclic) bond motifs is 2. The Kier molecular flexibility index (Phi) is 5.94. The number of halogens is 1. The highest BCUT2D eigenvalue weighted by molar-refractivity contribution is 9.10. The van der Waals surface area contributed by atoms with Crippen LogP contribution in [0.1, 0.15) is 37.2 Å². The summed E-state index contributed by atoms with van der Waals surface area (Å²) in [5.41, 5.74) is 7.96. The van der Waals surface area contributed by atoms with Crippen molar-refractivity contribution in [3.05, 3.63) is 59.1 Å². The third-order valence-electron chi connectivity index (χ3n) is 7.57. The molecule has 11 nitrogen and oxygen atoms in total. The number of rotatable bonds is 6. The molecular weight excluding hydrogens is 564 g/mol. The molecule has 0 unspecified atom stereocenters. The lowest BCUT2D eigenvalue weighted by Crippen LogP contribution is -2.46. The molecule has 3 atom stereocenters. The molecule has 0 radical (unpaired) electrons. The summed E-state index contributed by atoms with van der Waals surface area (Å²) in [6, 6.07) is 10.1. The number of hydrogen-bond donors (Lipinski definition) is 2. The molecule has 3 aromatic heterocycles. The van der Waals surface area contributed by atoms with Crippen LogP contribution >= 0.6 is 15.9 Å². The number of nitrogen functional groups attached to an aromatic ring is 1. The van der Waals surface area contributed by atoms with Gasteiger partial charge in [0.05, 0.1) is 5.52 Å². The van der Waals surface area contributed by atoms with Gasteiger partial charge in [-0.15, -0.1) is 0 Å². The first-order chi connectivity index (χ1) is 18.6. The van der Waals surface area contributed by atoms with Crippen LogP contribution in [0.3, 0.4) is 0 Å². The maximum atomic E-state index is 13.7. The van der Waals surface area contributed by atoms with Gasteiger partial charge in [0, 0.05) is 36.3 Å². The van der Waals surface area contributed by atoms with E-state index >= 15 is 0 Å². The summed E-state index contributed by atoms with van der Waals surface area (Å²) < 4.78 is 2.15. The van der Waals surface area contributed by atoms with Crippen LogP contribution in [0.25, 0.3) is 22.0 Å². The average Bonchev–Trinajstić information content (AvgIpc) is 3.26. The summed E-state index contributed by atoms with van der Waals surface area (Å²) in [4.78, 5) is 53.5. The second kappa shape index (κ2) is 9.23. The quantitative estimate of drug-likeness (QED) is 0.257. The van der Waals surface area contributed by atoms with E-state index in [1.165, 1.54) is 6.92 Å². The Morgan fingerprint density at radius 2 is 1.90 bits per heavy atom. The highest BCUT2D eigenvalue weighted by Crippen LogP contribution is 2.59. The number of hydrogen-bond acceptors (Lipinski definition) is 8. The number of Topliss-reactive ketones (excluding diaryl/α,β-unsaturated/α-hetero) is 1. The van der Waals surface area contributed by atoms with Crippen LogP contribution in [0.5, 0.6) is 0 Å². The normalized spacial score (nSPS) is 21.6. The first-order valence-electron chi connectivity index (χ1n) is 12.5. The number of nitrogens with two attached hydrogens (primary N) is 1. The number of piperidine rings is 1. The summed E-state index contributed by atoms with van der Waals surface area (Å²) >= 11 is 3.31. The van der Waals surface area contributed by atoms with Gasteiger partial charge in [0.1, 0.15) is 28.7 Å². The van der Waals surface area contributed by atoms with E-state index in [2.05, 4.69) is 48.2 Å². The minimum absolute atomic E-state index is 0.0116. The Hall–Kier alpha value is -4.19. The molecule has 1 saturated heterocycles.